The van der Waals surface area contributed by atoms with Gasteiger partial charge in [-0.15, -0.1) is 0 Å². The molecule has 0 bridgehead atoms. The van der Waals surface area contributed by atoms with Gasteiger partial charge < -0.3 is 4.57 Å². The first-order valence-electron chi connectivity index (χ1n) is 19.8. The number of hydrogen-bond donors (Lipinski definition) is 0. The predicted octanol–water partition coefficient (Wildman–Crippen LogP) is 14.8. The maximum absolute atomic E-state index is 13.9. The van der Waals surface area contributed by atoms with Crippen LogP contribution in [-0.4, -0.2) is 0 Å². The highest BCUT2D eigenvalue weighted by atomic mass is 79.9. The molecule has 0 amide bonds. The Kier molecular flexibility index (Phi) is 19.9. The van der Waals surface area contributed by atoms with Gasteiger partial charge >= 0.3 is 0 Å². The van der Waals surface area contributed by atoms with Gasteiger partial charge in [-0.25, -0.2) is 0 Å². The molecule has 0 spiro atoms. The fourth-order valence-electron chi connectivity index (χ4n) is 6.26. The zero-order valence-electron chi connectivity index (χ0n) is 33.9. The van der Waals surface area contributed by atoms with Crippen LogP contribution >= 0.6 is 97.3 Å². The monoisotopic (exact) mass is 1150 g/mol. The van der Waals surface area contributed by atoms with Crippen molar-refractivity contribution in [1.29, 1.82) is 0 Å². The van der Waals surface area contributed by atoms with Crippen LogP contribution in [0, 0.1) is 0 Å². The lowest BCUT2D eigenvalue weighted by Crippen LogP contribution is -2.24. The average molecular weight is 1150 g/mol. The Bertz CT molecular complexity index is 2580. The van der Waals surface area contributed by atoms with Gasteiger partial charge in [0.25, 0.3) is 0 Å². The molecular weight excluding hydrogens is 1110 g/mol. The van der Waals surface area contributed by atoms with Crippen molar-refractivity contribution in [3.63, 3.8) is 0 Å². The van der Waals surface area contributed by atoms with Crippen molar-refractivity contribution in [1.82, 2.24) is 0 Å². The molecule has 0 atom stereocenters. The first-order chi connectivity index (χ1) is 30.7. The molecule has 0 aliphatic heterocycles. The molecule has 0 heterocycles. The van der Waals surface area contributed by atoms with Crippen molar-refractivity contribution in [2.24, 2.45) is 0 Å². The second kappa shape index (κ2) is 25.7. The van der Waals surface area contributed by atoms with Crippen LogP contribution in [0.3, 0.4) is 0 Å². The molecule has 0 aliphatic carbocycles. The summed E-state index contributed by atoms with van der Waals surface area (Å²) >= 11 is 20.0. The Hall–Kier alpha value is -3.72. The van der Waals surface area contributed by atoms with Crippen molar-refractivity contribution in [3.8, 4) is 0 Å². The van der Waals surface area contributed by atoms with E-state index in [1.807, 2.05) is 146 Å². The van der Waals surface area contributed by atoms with Gasteiger partial charge in [-0.05, 0) is 95.1 Å². The summed E-state index contributed by atoms with van der Waals surface area (Å²) in [5, 5.41) is 9.12. The Morgan fingerprint density at radius 1 is 0.286 bits per heavy atom. The Morgan fingerprint density at radius 2 is 0.508 bits per heavy atom. The van der Waals surface area contributed by atoms with Gasteiger partial charge in [0.2, 0.25) is 0 Å². The average Bonchev–Trinajstić information content (AvgIpc) is 3.35. The maximum Gasteiger partial charge on any atom is 0.171 e. The molecule has 0 aromatic heterocycles. The van der Waals surface area contributed by atoms with Crippen molar-refractivity contribution in [3.05, 3.63) is 273 Å². The van der Waals surface area contributed by atoms with Crippen LogP contribution in [0.1, 0.15) is 0 Å². The minimum absolute atomic E-state index is 0.479. The van der Waals surface area contributed by atoms with Crippen LogP contribution in [0.2, 0.25) is 0 Å². The lowest BCUT2D eigenvalue weighted by Gasteiger charge is -2.19. The van der Waals surface area contributed by atoms with Gasteiger partial charge in [-0.3, -0.25) is 0 Å². The topological polar surface area (TPSA) is 17.1 Å². The van der Waals surface area contributed by atoms with E-state index in [4.69, 9.17) is 11.2 Å². The van der Waals surface area contributed by atoms with Gasteiger partial charge in [-0.2, -0.15) is 0 Å². The van der Waals surface area contributed by atoms with Gasteiger partial charge in [-0.1, -0.05) is 269 Å². The lowest BCUT2D eigenvalue weighted by atomic mass is 10.4. The van der Waals surface area contributed by atoms with Crippen molar-refractivity contribution in [2.75, 3.05) is 0 Å². The smallest absolute Gasteiger partial charge is 0.171 e. The van der Waals surface area contributed by atoms with Gasteiger partial charge in [0.05, 0.1) is 7.27 Å². The van der Waals surface area contributed by atoms with Crippen LogP contribution in [0.5, 0.6) is 0 Å². The van der Waals surface area contributed by atoms with E-state index in [1.54, 1.807) is 0 Å². The minimum atomic E-state index is -2.82. The second-order valence-electron chi connectivity index (χ2n) is 13.6. The lowest BCUT2D eigenvalue weighted by molar-refractivity contribution is 0.592. The molecule has 0 saturated heterocycles. The van der Waals surface area contributed by atoms with E-state index in [2.05, 4.69) is 173 Å². The molecule has 9 aromatic rings. The molecule has 1 nitrogen and oxygen atoms in total. The predicted molar refractivity (Wildman–Crippen MR) is 293 cm³/mol. The molecular formula is C54H42Br4ClOP3. The molecule has 9 aromatic carbocycles. The Labute approximate surface area is 413 Å². The maximum atomic E-state index is 13.9. The van der Waals surface area contributed by atoms with Crippen molar-refractivity contribution < 1.29 is 4.57 Å². The standard InChI is InChI=1S/C18H14BrOP.C18H14BrP.C12H10ClP.C6H4Br2/c19-15-11-13-18(14-12-15)21(20,16-7-3-1-4-8-16)17-9-5-2-6-10-17;19-15-11-13-18(14-12-15)20(16-7-3-1-4-8-16)17-9-5-2-6-10-17;13-14(11-7-3-1-4-8-11)12-9-5-2-6-10-12;7-5-1-2-6(8)4-3-5/h1-14H;1-14H;1-10H;1-4H. The van der Waals surface area contributed by atoms with Crippen LogP contribution in [0.4, 0.5) is 0 Å². The van der Waals surface area contributed by atoms with E-state index in [-0.39, 0.29) is 0 Å². The summed E-state index contributed by atoms with van der Waals surface area (Å²) in [5.41, 5.74) is 0. The van der Waals surface area contributed by atoms with E-state index < -0.39 is 22.3 Å². The third-order valence-corrected chi connectivity index (χ3v) is 19.6. The summed E-state index contributed by atoms with van der Waals surface area (Å²) < 4.78 is 18.2. The van der Waals surface area contributed by atoms with Crippen LogP contribution in [0.25, 0.3) is 0 Å². The highest BCUT2D eigenvalue weighted by Crippen LogP contribution is 2.42. The largest absolute Gasteiger partial charge is 0.309 e. The Balaban J connectivity index is 0.000000147. The van der Waals surface area contributed by atoms with E-state index >= 15 is 0 Å². The van der Waals surface area contributed by atoms with Gasteiger partial charge in [0.1, 0.15) is 0 Å². The van der Waals surface area contributed by atoms with Gasteiger partial charge in [0, 0.05) is 33.8 Å². The van der Waals surface area contributed by atoms with Crippen molar-refractivity contribution >= 4 is 140 Å². The first-order valence-corrected chi connectivity index (χ1v) is 28.3. The normalized spacial score (nSPS) is 10.7. The summed E-state index contributed by atoms with van der Waals surface area (Å²) in [6, 6.07) is 85.7. The van der Waals surface area contributed by atoms with E-state index in [9.17, 15) is 4.57 Å². The molecule has 0 radical (unpaired) electrons. The fourth-order valence-corrected chi connectivity index (χ4v) is 14.1. The quantitative estimate of drug-likeness (QED) is 0.139. The highest BCUT2D eigenvalue weighted by Gasteiger charge is 2.29. The molecule has 9 heteroatoms. The fraction of sp³-hybridized carbons (Fsp3) is 0. The summed E-state index contributed by atoms with van der Waals surface area (Å²) in [7, 11) is -3.99. The molecule has 0 aliphatic rings. The van der Waals surface area contributed by atoms with E-state index in [0.717, 1.165) is 33.8 Å². The van der Waals surface area contributed by atoms with E-state index in [1.165, 1.54) is 26.5 Å². The van der Waals surface area contributed by atoms with Gasteiger partial charge in [0.15, 0.2) is 7.14 Å². The number of halogens is 5. The van der Waals surface area contributed by atoms with Crippen molar-refractivity contribution in [2.45, 2.75) is 0 Å². The third-order valence-electron chi connectivity index (χ3n) is 9.31. The van der Waals surface area contributed by atoms with Crippen LogP contribution in [-0.2, 0) is 4.57 Å². The second-order valence-corrected chi connectivity index (χ2v) is 24.9. The molecule has 9 rings (SSSR count). The summed E-state index contributed by atoms with van der Waals surface area (Å²) in [6.45, 7) is 0. The summed E-state index contributed by atoms with van der Waals surface area (Å²) in [5.74, 6) is 0. The molecule has 0 saturated carbocycles. The first kappa shape index (κ1) is 48.7. The van der Waals surface area contributed by atoms with Crippen LogP contribution < -0.4 is 42.4 Å². The minimum Gasteiger partial charge on any atom is -0.309 e. The molecule has 63 heavy (non-hydrogen) atoms. The number of hydrogen-bond acceptors (Lipinski definition) is 1. The van der Waals surface area contributed by atoms with E-state index in [0.29, 0.717) is 0 Å². The molecule has 0 fully saturated rings. The highest BCUT2D eigenvalue weighted by molar-refractivity contribution is 9.11. The molecule has 0 N–H and O–H groups in total. The third kappa shape index (κ3) is 14.6. The SMILES string of the molecule is Brc1ccc(Br)cc1.Brc1ccc(P(c2ccccc2)c2ccccc2)cc1.ClP(c1ccccc1)c1ccccc1.O=P(c1ccccc1)(c1ccccc1)c1ccc(Br)cc1. The van der Waals surface area contributed by atoms with Crippen LogP contribution in [0.15, 0.2) is 273 Å². The molecule has 314 valence electrons. The zero-order valence-corrected chi connectivity index (χ0v) is 43.7. The summed E-state index contributed by atoms with van der Waals surface area (Å²) in [6.07, 6.45) is 0. The summed E-state index contributed by atoms with van der Waals surface area (Å²) in [4.78, 5) is 0. The number of rotatable bonds is 8. The Morgan fingerprint density at radius 3 is 0.825 bits per heavy atom. The zero-order chi connectivity index (χ0) is 44.3. The number of benzene rings is 9. The molecule has 0 unspecified atom stereocenters.